The zero-order valence-corrected chi connectivity index (χ0v) is 15.3. The maximum atomic E-state index is 12.0. The zero-order valence-electron chi connectivity index (χ0n) is 14.5. The lowest BCUT2D eigenvalue weighted by molar-refractivity contribution is 0.121. The molecule has 0 aliphatic carbocycles. The fraction of sp³-hybridized carbons (Fsp3) is 0.316. The quantitative estimate of drug-likeness (QED) is 0.749. The Hall–Kier alpha value is -2.35. The topological polar surface area (TPSA) is 65.1 Å². The molecule has 2 aromatic heterocycles. The third-order valence-corrected chi connectivity index (χ3v) is 5.32. The van der Waals surface area contributed by atoms with Gasteiger partial charge in [0.25, 0.3) is 5.56 Å². The van der Waals surface area contributed by atoms with Gasteiger partial charge in [0.1, 0.15) is 5.82 Å². The first-order valence-corrected chi connectivity index (χ1v) is 9.62. The fourth-order valence-electron chi connectivity index (χ4n) is 3.20. The summed E-state index contributed by atoms with van der Waals surface area (Å²) in [5.74, 6) is 0.636. The van der Waals surface area contributed by atoms with E-state index >= 15 is 0 Å². The molecule has 6 nitrogen and oxygen atoms in total. The van der Waals surface area contributed by atoms with Crippen LogP contribution in [-0.4, -0.2) is 50.9 Å². The van der Waals surface area contributed by atoms with Gasteiger partial charge in [-0.25, -0.2) is 4.98 Å². The molecule has 0 amide bonds. The minimum absolute atomic E-state index is 0.0994. The number of nitrogens with zero attached hydrogens (tertiary/aromatic N) is 4. The van der Waals surface area contributed by atoms with Crippen LogP contribution in [0.25, 0.3) is 11.4 Å². The van der Waals surface area contributed by atoms with Crippen molar-refractivity contribution in [3.8, 4) is 11.4 Å². The molecule has 26 heavy (non-hydrogen) atoms. The predicted octanol–water partition coefficient (Wildman–Crippen LogP) is 2.21. The maximum absolute atomic E-state index is 12.0. The van der Waals surface area contributed by atoms with Crippen molar-refractivity contribution >= 4 is 11.3 Å². The monoisotopic (exact) mass is 367 g/mol. The van der Waals surface area contributed by atoms with Crippen LogP contribution in [0.1, 0.15) is 10.6 Å². The molecule has 0 spiro atoms. The Morgan fingerprint density at radius 2 is 1.77 bits per heavy atom. The van der Waals surface area contributed by atoms with Crippen LogP contribution in [0.4, 0.5) is 0 Å². The van der Waals surface area contributed by atoms with Gasteiger partial charge in [-0.3, -0.25) is 19.6 Å². The summed E-state index contributed by atoms with van der Waals surface area (Å²) in [7, 11) is 0. The normalized spacial score (nSPS) is 16.0. The van der Waals surface area contributed by atoms with Crippen molar-refractivity contribution in [2.75, 3.05) is 26.2 Å². The van der Waals surface area contributed by atoms with E-state index in [1.54, 1.807) is 17.4 Å². The number of aromatic amines is 1. The van der Waals surface area contributed by atoms with E-state index in [0.717, 1.165) is 44.0 Å². The van der Waals surface area contributed by atoms with Gasteiger partial charge in [0.05, 0.1) is 11.2 Å². The summed E-state index contributed by atoms with van der Waals surface area (Å²) in [5, 5.41) is 0. The van der Waals surface area contributed by atoms with Crippen molar-refractivity contribution in [1.29, 1.82) is 0 Å². The number of hydrogen-bond acceptors (Lipinski definition) is 6. The van der Waals surface area contributed by atoms with E-state index in [0.29, 0.717) is 12.4 Å². The first-order valence-electron chi connectivity index (χ1n) is 8.74. The largest absolute Gasteiger partial charge is 0.307 e. The van der Waals surface area contributed by atoms with Gasteiger partial charge in [-0.2, -0.15) is 0 Å². The lowest BCUT2D eigenvalue weighted by Gasteiger charge is -2.34. The SMILES string of the molecule is O=c1cc(CN2CCN(Cc3cncs3)CC2)nc(-c2ccccc2)[nH]1. The van der Waals surface area contributed by atoms with Crippen molar-refractivity contribution < 1.29 is 0 Å². The Kier molecular flexibility index (Phi) is 5.19. The second-order valence-electron chi connectivity index (χ2n) is 6.47. The molecule has 1 fully saturated rings. The molecule has 3 heterocycles. The molecule has 0 radical (unpaired) electrons. The van der Waals surface area contributed by atoms with Gasteiger partial charge in [-0.15, -0.1) is 11.3 Å². The summed E-state index contributed by atoms with van der Waals surface area (Å²) in [5.41, 5.74) is 3.54. The molecule has 1 saturated heterocycles. The van der Waals surface area contributed by atoms with Crippen molar-refractivity contribution in [1.82, 2.24) is 24.8 Å². The van der Waals surface area contributed by atoms with Crippen LogP contribution in [0.15, 0.2) is 52.9 Å². The van der Waals surface area contributed by atoms with Crippen molar-refractivity contribution in [2.24, 2.45) is 0 Å². The molecule has 1 N–H and O–H groups in total. The van der Waals surface area contributed by atoms with Crippen LogP contribution in [0.5, 0.6) is 0 Å². The zero-order chi connectivity index (χ0) is 17.8. The molecule has 134 valence electrons. The third kappa shape index (κ3) is 4.24. The number of nitrogens with one attached hydrogen (secondary N) is 1. The summed E-state index contributed by atoms with van der Waals surface area (Å²) in [4.78, 5) is 29.8. The average Bonchev–Trinajstić information content (AvgIpc) is 3.17. The van der Waals surface area contributed by atoms with E-state index in [1.165, 1.54) is 4.88 Å². The highest BCUT2D eigenvalue weighted by Gasteiger charge is 2.18. The highest BCUT2D eigenvalue weighted by atomic mass is 32.1. The Balaban J connectivity index is 1.39. The minimum Gasteiger partial charge on any atom is -0.307 e. The van der Waals surface area contributed by atoms with Gasteiger partial charge in [-0.1, -0.05) is 30.3 Å². The number of piperazine rings is 1. The van der Waals surface area contributed by atoms with E-state index in [1.807, 2.05) is 42.0 Å². The second kappa shape index (κ2) is 7.90. The summed E-state index contributed by atoms with van der Waals surface area (Å²) in [6.07, 6.45) is 1.95. The van der Waals surface area contributed by atoms with Crippen LogP contribution in [0, 0.1) is 0 Å². The molecule has 1 aliphatic heterocycles. The van der Waals surface area contributed by atoms with Gasteiger partial charge in [-0.05, 0) is 0 Å². The number of thiazole rings is 1. The van der Waals surface area contributed by atoms with Crippen molar-refractivity contribution in [2.45, 2.75) is 13.1 Å². The van der Waals surface area contributed by atoms with Crippen molar-refractivity contribution in [3.63, 3.8) is 0 Å². The lowest BCUT2D eigenvalue weighted by atomic mass is 10.2. The molecular weight excluding hydrogens is 346 g/mol. The molecule has 0 atom stereocenters. The number of hydrogen-bond donors (Lipinski definition) is 1. The molecule has 1 aliphatic rings. The summed E-state index contributed by atoms with van der Waals surface area (Å²) in [6.45, 7) is 5.68. The minimum atomic E-state index is -0.0994. The van der Waals surface area contributed by atoms with E-state index in [2.05, 4.69) is 24.8 Å². The van der Waals surface area contributed by atoms with E-state index in [9.17, 15) is 4.79 Å². The maximum Gasteiger partial charge on any atom is 0.251 e. The molecule has 7 heteroatoms. The van der Waals surface area contributed by atoms with E-state index in [-0.39, 0.29) is 5.56 Å². The number of benzene rings is 1. The number of H-pyrrole nitrogens is 1. The smallest absolute Gasteiger partial charge is 0.251 e. The Morgan fingerprint density at radius 3 is 2.46 bits per heavy atom. The second-order valence-corrected chi connectivity index (χ2v) is 7.44. The summed E-state index contributed by atoms with van der Waals surface area (Å²) in [6, 6.07) is 11.4. The fourth-order valence-corrected chi connectivity index (χ4v) is 3.83. The number of rotatable bonds is 5. The van der Waals surface area contributed by atoms with Crippen LogP contribution in [0.3, 0.4) is 0 Å². The van der Waals surface area contributed by atoms with Crippen molar-refractivity contribution in [3.05, 3.63) is 69.0 Å². The molecule has 0 saturated carbocycles. The van der Waals surface area contributed by atoms with E-state index in [4.69, 9.17) is 0 Å². The molecule has 3 aromatic rings. The molecule has 4 rings (SSSR count). The first-order chi connectivity index (χ1) is 12.8. The standard InChI is InChI=1S/C19H21N5OS/c25-18-10-16(21-19(22-18)15-4-2-1-3-5-15)12-23-6-8-24(9-7-23)13-17-11-20-14-26-17/h1-5,10-11,14H,6-9,12-13H2,(H,21,22,25). The molecule has 0 bridgehead atoms. The Morgan fingerprint density at radius 1 is 1.04 bits per heavy atom. The van der Waals surface area contributed by atoms with Gasteiger partial charge in [0, 0.05) is 62.0 Å². The predicted molar refractivity (Wildman–Crippen MR) is 103 cm³/mol. The highest BCUT2D eigenvalue weighted by molar-refractivity contribution is 7.09. The van der Waals surface area contributed by atoms with Crippen LogP contribution in [-0.2, 0) is 13.1 Å². The summed E-state index contributed by atoms with van der Waals surface area (Å²) < 4.78 is 0. The number of aromatic nitrogens is 3. The van der Waals surface area contributed by atoms with Crippen LogP contribution < -0.4 is 5.56 Å². The van der Waals surface area contributed by atoms with Gasteiger partial charge >= 0.3 is 0 Å². The van der Waals surface area contributed by atoms with Gasteiger partial charge in [0.15, 0.2) is 0 Å². The lowest BCUT2D eigenvalue weighted by Crippen LogP contribution is -2.45. The van der Waals surface area contributed by atoms with Gasteiger partial charge in [0.2, 0.25) is 0 Å². The molecule has 1 aromatic carbocycles. The first kappa shape index (κ1) is 17.1. The average molecular weight is 367 g/mol. The van der Waals surface area contributed by atoms with Gasteiger partial charge < -0.3 is 4.98 Å². The van der Waals surface area contributed by atoms with Crippen LogP contribution >= 0.6 is 11.3 Å². The highest BCUT2D eigenvalue weighted by Crippen LogP contribution is 2.15. The van der Waals surface area contributed by atoms with E-state index < -0.39 is 0 Å². The molecule has 0 unspecified atom stereocenters. The van der Waals surface area contributed by atoms with Crippen LogP contribution in [0.2, 0.25) is 0 Å². The third-order valence-electron chi connectivity index (χ3n) is 4.56. The Labute approximate surface area is 156 Å². The summed E-state index contributed by atoms with van der Waals surface area (Å²) >= 11 is 1.71. The Bertz CT molecular complexity index is 886. The molecular formula is C19H21N5OS.